The molecule has 140 valence electrons. The topological polar surface area (TPSA) is 51.2 Å². The first kappa shape index (κ1) is 18.2. The van der Waals surface area contributed by atoms with Crippen LogP contribution in [0.1, 0.15) is 24.2 Å². The van der Waals surface area contributed by atoms with Gasteiger partial charge in [-0.15, -0.1) is 11.3 Å². The van der Waals surface area contributed by atoms with Crippen LogP contribution in [-0.2, 0) is 0 Å². The van der Waals surface area contributed by atoms with Crippen LogP contribution in [0.15, 0.2) is 72.1 Å². The number of thiazole rings is 1. The van der Waals surface area contributed by atoms with Gasteiger partial charge in [0.2, 0.25) is 0 Å². The average molecular weight is 388 g/mol. The van der Waals surface area contributed by atoms with E-state index in [0.717, 1.165) is 27.8 Å². The number of hydrogen-bond acceptors (Lipinski definition) is 4. The third-order valence-corrected chi connectivity index (χ3v) is 5.04. The Balaban J connectivity index is 1.52. The van der Waals surface area contributed by atoms with E-state index in [1.807, 2.05) is 86.0 Å². The zero-order chi connectivity index (χ0) is 19.5. The summed E-state index contributed by atoms with van der Waals surface area (Å²) in [6.07, 6.45) is 0.140. The van der Waals surface area contributed by atoms with Gasteiger partial charge in [0.1, 0.15) is 5.75 Å². The normalized spacial score (nSPS) is 11.0. The minimum Gasteiger partial charge on any atom is -0.491 e. The zero-order valence-corrected chi connectivity index (χ0v) is 16.5. The second kappa shape index (κ2) is 7.82. The van der Waals surface area contributed by atoms with Gasteiger partial charge in [-0.05, 0) is 55.0 Å². The molecule has 1 heterocycles. The van der Waals surface area contributed by atoms with Gasteiger partial charge in [-0.1, -0.05) is 36.4 Å². The summed E-state index contributed by atoms with van der Waals surface area (Å²) in [5.74, 6) is 0.678. The van der Waals surface area contributed by atoms with Gasteiger partial charge in [-0.2, -0.15) is 0 Å². The maximum absolute atomic E-state index is 12.8. The molecular weight excluding hydrogens is 368 g/mol. The van der Waals surface area contributed by atoms with E-state index in [4.69, 9.17) is 4.74 Å². The Bertz CT molecular complexity index is 1110. The minimum atomic E-state index is -0.154. The molecule has 1 N–H and O–H groups in total. The molecule has 4 aromatic rings. The molecule has 4 rings (SSSR count). The number of fused-ring (bicyclic) bond motifs is 1. The summed E-state index contributed by atoms with van der Waals surface area (Å²) in [6, 6.07) is 21.4. The number of hydrogen-bond donors (Lipinski definition) is 1. The van der Waals surface area contributed by atoms with Crippen molar-refractivity contribution in [2.45, 2.75) is 20.0 Å². The van der Waals surface area contributed by atoms with Crippen LogP contribution in [0, 0.1) is 0 Å². The van der Waals surface area contributed by atoms with E-state index >= 15 is 0 Å². The largest absolute Gasteiger partial charge is 0.491 e. The van der Waals surface area contributed by atoms with Crippen molar-refractivity contribution in [2.24, 2.45) is 0 Å². The molecule has 28 heavy (non-hydrogen) atoms. The summed E-state index contributed by atoms with van der Waals surface area (Å²) in [7, 11) is 0. The molecular formula is C23H20N2O2S. The third-order valence-electron chi connectivity index (χ3n) is 4.28. The van der Waals surface area contributed by atoms with Gasteiger partial charge < -0.3 is 4.74 Å². The van der Waals surface area contributed by atoms with E-state index < -0.39 is 0 Å². The lowest BCUT2D eigenvalue weighted by atomic mass is 10.0. The van der Waals surface area contributed by atoms with Gasteiger partial charge in [0.15, 0.2) is 5.13 Å². The Morgan fingerprint density at radius 3 is 2.54 bits per heavy atom. The lowest BCUT2D eigenvalue weighted by Crippen LogP contribution is -2.12. The van der Waals surface area contributed by atoms with E-state index in [1.54, 1.807) is 0 Å². The van der Waals surface area contributed by atoms with Crippen molar-refractivity contribution in [1.29, 1.82) is 0 Å². The van der Waals surface area contributed by atoms with E-state index in [9.17, 15) is 4.79 Å². The highest BCUT2D eigenvalue weighted by molar-refractivity contribution is 7.14. The van der Waals surface area contributed by atoms with Crippen LogP contribution in [0.3, 0.4) is 0 Å². The Morgan fingerprint density at radius 2 is 1.75 bits per heavy atom. The van der Waals surface area contributed by atoms with Gasteiger partial charge >= 0.3 is 0 Å². The summed E-state index contributed by atoms with van der Waals surface area (Å²) in [6.45, 7) is 4.00. The van der Waals surface area contributed by atoms with Crippen LogP contribution < -0.4 is 10.1 Å². The number of benzene rings is 3. The number of nitrogens with zero attached hydrogens (tertiary/aromatic N) is 1. The smallest absolute Gasteiger partial charge is 0.258 e. The molecule has 3 aromatic carbocycles. The first-order valence-electron chi connectivity index (χ1n) is 9.12. The molecule has 0 unspecified atom stereocenters. The van der Waals surface area contributed by atoms with Gasteiger partial charge in [-0.3, -0.25) is 10.1 Å². The summed E-state index contributed by atoms with van der Waals surface area (Å²) < 4.78 is 5.67. The molecule has 0 radical (unpaired) electrons. The van der Waals surface area contributed by atoms with Crippen molar-refractivity contribution in [3.8, 4) is 17.0 Å². The zero-order valence-electron chi connectivity index (χ0n) is 15.7. The van der Waals surface area contributed by atoms with Crippen molar-refractivity contribution < 1.29 is 9.53 Å². The van der Waals surface area contributed by atoms with Crippen molar-refractivity contribution in [3.05, 3.63) is 77.7 Å². The van der Waals surface area contributed by atoms with E-state index in [-0.39, 0.29) is 12.0 Å². The van der Waals surface area contributed by atoms with Crippen LogP contribution in [-0.4, -0.2) is 17.0 Å². The van der Waals surface area contributed by atoms with Crippen LogP contribution in [0.4, 0.5) is 5.13 Å². The lowest BCUT2D eigenvalue weighted by molar-refractivity contribution is 0.102. The quantitative estimate of drug-likeness (QED) is 0.456. The summed E-state index contributed by atoms with van der Waals surface area (Å²) >= 11 is 1.41. The van der Waals surface area contributed by atoms with E-state index in [1.165, 1.54) is 11.3 Å². The predicted octanol–water partition coefficient (Wildman–Crippen LogP) is 6.00. The number of anilines is 1. The second-order valence-corrected chi connectivity index (χ2v) is 7.57. The summed E-state index contributed by atoms with van der Waals surface area (Å²) in [5, 5.41) is 7.41. The Labute approximate surface area is 167 Å². The highest BCUT2D eigenvalue weighted by atomic mass is 32.1. The molecule has 0 saturated carbocycles. The molecule has 0 aliphatic rings. The number of aromatic nitrogens is 1. The first-order valence-corrected chi connectivity index (χ1v) is 10.00. The number of nitrogens with one attached hydrogen (secondary N) is 1. The molecule has 0 fully saturated rings. The van der Waals surface area contributed by atoms with Crippen molar-refractivity contribution >= 4 is 33.1 Å². The molecule has 5 heteroatoms. The number of carbonyl (C=O) groups excluding carboxylic acids is 1. The Morgan fingerprint density at radius 1 is 1.00 bits per heavy atom. The highest BCUT2D eigenvalue weighted by Crippen LogP contribution is 2.27. The van der Waals surface area contributed by atoms with E-state index in [0.29, 0.717) is 10.7 Å². The van der Waals surface area contributed by atoms with Crippen molar-refractivity contribution in [2.75, 3.05) is 5.32 Å². The SMILES string of the molecule is CC(C)Oc1ccc(-c2csc(NC(=O)c3cccc4ccccc34)n2)cc1. The number of amides is 1. The molecule has 4 nitrogen and oxygen atoms in total. The maximum Gasteiger partial charge on any atom is 0.258 e. The summed E-state index contributed by atoms with van der Waals surface area (Å²) in [4.78, 5) is 17.3. The lowest BCUT2D eigenvalue weighted by Gasteiger charge is -2.09. The maximum atomic E-state index is 12.8. The van der Waals surface area contributed by atoms with Gasteiger partial charge in [0, 0.05) is 16.5 Å². The van der Waals surface area contributed by atoms with Crippen LogP contribution >= 0.6 is 11.3 Å². The molecule has 0 aliphatic carbocycles. The molecule has 0 aliphatic heterocycles. The Hall–Kier alpha value is -3.18. The van der Waals surface area contributed by atoms with E-state index in [2.05, 4.69) is 10.3 Å². The van der Waals surface area contributed by atoms with Gasteiger partial charge in [0.25, 0.3) is 5.91 Å². The molecule has 1 aromatic heterocycles. The average Bonchev–Trinajstić information content (AvgIpc) is 3.16. The van der Waals surface area contributed by atoms with Gasteiger partial charge in [-0.25, -0.2) is 4.98 Å². The molecule has 0 spiro atoms. The molecule has 0 saturated heterocycles. The second-order valence-electron chi connectivity index (χ2n) is 6.71. The van der Waals surface area contributed by atoms with Crippen LogP contribution in [0.25, 0.3) is 22.0 Å². The number of carbonyl (C=O) groups is 1. The molecule has 1 amide bonds. The monoisotopic (exact) mass is 388 g/mol. The van der Waals surface area contributed by atoms with Crippen LogP contribution in [0.2, 0.25) is 0 Å². The third kappa shape index (κ3) is 3.89. The van der Waals surface area contributed by atoms with Gasteiger partial charge in [0.05, 0.1) is 11.8 Å². The Kier molecular flexibility index (Phi) is 5.08. The fraction of sp³-hybridized carbons (Fsp3) is 0.130. The predicted molar refractivity (Wildman–Crippen MR) is 115 cm³/mol. The molecule has 0 atom stereocenters. The van der Waals surface area contributed by atoms with Crippen molar-refractivity contribution in [3.63, 3.8) is 0 Å². The fourth-order valence-corrected chi connectivity index (χ4v) is 3.74. The standard InChI is InChI=1S/C23H20N2O2S/c1-15(2)27-18-12-10-17(11-13-18)21-14-28-23(24-21)25-22(26)20-9-5-7-16-6-3-4-8-19(16)20/h3-15H,1-2H3,(H,24,25,26). The van der Waals surface area contributed by atoms with Crippen LogP contribution in [0.5, 0.6) is 5.75 Å². The summed E-state index contributed by atoms with van der Waals surface area (Å²) in [5.41, 5.74) is 2.46. The number of rotatable bonds is 5. The number of ether oxygens (including phenoxy) is 1. The highest BCUT2D eigenvalue weighted by Gasteiger charge is 2.12. The fourth-order valence-electron chi connectivity index (χ4n) is 3.03. The minimum absolute atomic E-state index is 0.140. The first-order chi connectivity index (χ1) is 13.6. The van der Waals surface area contributed by atoms with Crippen molar-refractivity contribution in [1.82, 2.24) is 4.98 Å². The molecule has 0 bridgehead atoms.